The van der Waals surface area contributed by atoms with Gasteiger partial charge in [-0.3, -0.25) is 0 Å². The van der Waals surface area contributed by atoms with Gasteiger partial charge in [-0.1, -0.05) is 0 Å². The minimum Gasteiger partial charge on any atom is -0.417 e. The largest absolute Gasteiger partial charge is 0.417 e. The molecule has 0 atom stereocenters. The highest BCUT2D eigenvalue weighted by atomic mass is 19.1. The number of benzene rings is 1. The third-order valence-electron chi connectivity index (χ3n) is 2.66. The monoisotopic (exact) mass is 278 g/mol. The average Bonchev–Trinajstić information content (AvgIpc) is 2.77. The zero-order chi connectivity index (χ0) is 14.8. The molecule has 2 aromatic rings. The fraction of sp³-hybridized carbons (Fsp3) is 0.400. The molecule has 0 spiro atoms. The molecule has 0 aliphatic heterocycles. The molecule has 2 rings (SSSR count). The second kappa shape index (κ2) is 5.63. The maximum absolute atomic E-state index is 13.0. The second-order valence-electron chi connectivity index (χ2n) is 5.72. The zero-order valence-corrected chi connectivity index (χ0v) is 12.2. The van der Waals surface area contributed by atoms with Gasteiger partial charge in [0.05, 0.1) is 5.69 Å². The van der Waals surface area contributed by atoms with E-state index in [0.29, 0.717) is 17.9 Å². The summed E-state index contributed by atoms with van der Waals surface area (Å²) in [6.07, 6.45) is 1.71. The van der Waals surface area contributed by atoms with E-state index in [-0.39, 0.29) is 17.4 Å². The topological polar surface area (TPSA) is 47.3 Å². The average molecular weight is 278 g/mol. The Labute approximate surface area is 118 Å². The highest BCUT2D eigenvalue weighted by Crippen LogP contribution is 2.25. The van der Waals surface area contributed by atoms with Crippen LogP contribution in [0.4, 0.5) is 4.39 Å². The molecular weight excluding hydrogens is 259 g/mol. The van der Waals surface area contributed by atoms with Crippen molar-refractivity contribution in [1.82, 2.24) is 10.3 Å². The fourth-order valence-corrected chi connectivity index (χ4v) is 1.59. The fourth-order valence-electron chi connectivity index (χ4n) is 1.59. The number of hydrogen-bond donors (Lipinski definition) is 1. The first-order valence-corrected chi connectivity index (χ1v) is 6.47. The van der Waals surface area contributed by atoms with Crippen molar-refractivity contribution in [3.05, 3.63) is 41.5 Å². The second-order valence-corrected chi connectivity index (χ2v) is 5.72. The molecule has 0 saturated carbocycles. The van der Waals surface area contributed by atoms with E-state index in [0.717, 1.165) is 5.69 Å². The number of hydrogen-bond acceptors (Lipinski definition) is 4. The summed E-state index contributed by atoms with van der Waals surface area (Å²) in [5.74, 6) is 0.237. The van der Waals surface area contributed by atoms with E-state index in [1.807, 2.05) is 0 Å². The van der Waals surface area contributed by atoms with Gasteiger partial charge < -0.3 is 14.5 Å². The van der Waals surface area contributed by atoms with E-state index in [1.165, 1.54) is 12.1 Å². The summed E-state index contributed by atoms with van der Waals surface area (Å²) in [6, 6.07) is 4.30. The predicted octanol–water partition coefficient (Wildman–Crippen LogP) is 3.80. The van der Waals surface area contributed by atoms with Crippen LogP contribution < -0.4 is 10.1 Å². The quantitative estimate of drug-likeness (QED) is 0.924. The van der Waals surface area contributed by atoms with E-state index in [1.54, 1.807) is 19.3 Å². The van der Waals surface area contributed by atoms with Gasteiger partial charge in [-0.05, 0) is 51.5 Å². The van der Waals surface area contributed by atoms with Crippen molar-refractivity contribution in [2.75, 3.05) is 0 Å². The lowest BCUT2D eigenvalue weighted by Gasteiger charge is -2.19. The van der Waals surface area contributed by atoms with Crippen LogP contribution in [0.5, 0.6) is 11.8 Å². The van der Waals surface area contributed by atoms with Crippen molar-refractivity contribution in [2.45, 2.75) is 39.8 Å². The molecule has 1 aromatic carbocycles. The number of aryl methyl sites for hydroxylation is 1. The molecule has 1 N–H and O–H groups in total. The number of nitrogens with one attached hydrogen (secondary N) is 1. The van der Waals surface area contributed by atoms with E-state index >= 15 is 0 Å². The van der Waals surface area contributed by atoms with Gasteiger partial charge in [-0.25, -0.2) is 4.39 Å². The van der Waals surface area contributed by atoms with Crippen molar-refractivity contribution in [3.8, 4) is 11.8 Å². The van der Waals surface area contributed by atoms with Gasteiger partial charge in [0, 0.05) is 12.1 Å². The SMILES string of the molecule is Cc1cc(F)ccc1Oc1nc(CNC(C)(C)C)co1. The van der Waals surface area contributed by atoms with Crippen molar-refractivity contribution in [3.63, 3.8) is 0 Å². The van der Waals surface area contributed by atoms with E-state index < -0.39 is 0 Å². The van der Waals surface area contributed by atoms with Crippen LogP contribution >= 0.6 is 0 Å². The van der Waals surface area contributed by atoms with Crippen LogP contribution in [-0.2, 0) is 6.54 Å². The maximum Gasteiger partial charge on any atom is 0.399 e. The van der Waals surface area contributed by atoms with Gasteiger partial charge in [0.1, 0.15) is 17.8 Å². The summed E-state index contributed by atoms with van der Waals surface area (Å²) in [6.45, 7) is 8.59. The molecule has 1 heterocycles. The number of nitrogens with zero attached hydrogens (tertiary/aromatic N) is 1. The van der Waals surface area contributed by atoms with Crippen molar-refractivity contribution in [2.24, 2.45) is 0 Å². The van der Waals surface area contributed by atoms with Crippen LogP contribution in [0.15, 0.2) is 28.9 Å². The number of rotatable bonds is 4. The summed E-state index contributed by atoms with van der Waals surface area (Å²) in [7, 11) is 0. The Bertz CT molecular complexity index is 588. The molecule has 1 aromatic heterocycles. The summed E-state index contributed by atoms with van der Waals surface area (Å²) in [4.78, 5) is 4.23. The summed E-state index contributed by atoms with van der Waals surface area (Å²) in [5, 5.41) is 3.31. The van der Waals surface area contributed by atoms with Crippen LogP contribution in [-0.4, -0.2) is 10.5 Å². The van der Waals surface area contributed by atoms with Gasteiger partial charge in [-0.15, -0.1) is 0 Å². The molecule has 0 unspecified atom stereocenters. The van der Waals surface area contributed by atoms with Crippen molar-refractivity contribution >= 4 is 0 Å². The number of aromatic nitrogens is 1. The third kappa shape index (κ3) is 4.06. The highest BCUT2D eigenvalue weighted by molar-refractivity contribution is 5.34. The molecule has 0 bridgehead atoms. The maximum atomic E-state index is 13.0. The van der Waals surface area contributed by atoms with Crippen LogP contribution in [0.3, 0.4) is 0 Å². The zero-order valence-electron chi connectivity index (χ0n) is 12.2. The van der Waals surface area contributed by atoms with E-state index in [2.05, 4.69) is 31.1 Å². The number of oxazole rings is 1. The molecule has 20 heavy (non-hydrogen) atoms. The van der Waals surface area contributed by atoms with Crippen molar-refractivity contribution < 1.29 is 13.5 Å². The lowest BCUT2D eigenvalue weighted by atomic mass is 10.1. The van der Waals surface area contributed by atoms with Crippen LogP contribution in [0, 0.1) is 12.7 Å². The van der Waals surface area contributed by atoms with Gasteiger partial charge >= 0.3 is 6.08 Å². The summed E-state index contributed by atoms with van der Waals surface area (Å²) < 4.78 is 23.8. The molecule has 0 aliphatic carbocycles. The molecular formula is C15H19FN2O2. The number of halogens is 1. The third-order valence-corrected chi connectivity index (χ3v) is 2.66. The minimum absolute atomic E-state index is 0.00746. The Hall–Kier alpha value is -1.88. The molecule has 5 heteroatoms. The van der Waals surface area contributed by atoms with Crippen LogP contribution in [0.25, 0.3) is 0 Å². The first-order chi connectivity index (χ1) is 9.33. The van der Waals surface area contributed by atoms with Gasteiger partial charge in [0.2, 0.25) is 0 Å². The van der Waals surface area contributed by atoms with Crippen LogP contribution in [0.2, 0.25) is 0 Å². The van der Waals surface area contributed by atoms with E-state index in [9.17, 15) is 4.39 Å². The Morgan fingerprint density at radius 2 is 2.10 bits per heavy atom. The predicted molar refractivity (Wildman–Crippen MR) is 74.3 cm³/mol. The smallest absolute Gasteiger partial charge is 0.399 e. The minimum atomic E-state index is -0.294. The normalized spacial score (nSPS) is 11.7. The standard InChI is InChI=1S/C15H19FN2O2/c1-10-7-11(16)5-6-13(10)20-14-18-12(9-19-14)8-17-15(2,3)4/h5-7,9,17H,8H2,1-4H3. The summed E-state index contributed by atoms with van der Waals surface area (Å²) in [5.41, 5.74) is 1.46. The Morgan fingerprint density at radius 1 is 1.35 bits per heavy atom. The molecule has 0 fully saturated rings. The Kier molecular flexibility index (Phi) is 4.09. The first-order valence-electron chi connectivity index (χ1n) is 6.47. The molecule has 108 valence electrons. The highest BCUT2D eigenvalue weighted by Gasteiger charge is 2.12. The molecule has 4 nitrogen and oxygen atoms in total. The lowest BCUT2D eigenvalue weighted by molar-refractivity contribution is 0.328. The Balaban J connectivity index is 2.02. The van der Waals surface area contributed by atoms with Gasteiger partial charge in [0.15, 0.2) is 0 Å². The Morgan fingerprint density at radius 3 is 2.75 bits per heavy atom. The van der Waals surface area contributed by atoms with E-state index in [4.69, 9.17) is 9.15 Å². The molecule has 0 amide bonds. The molecule has 0 aliphatic rings. The molecule has 0 saturated heterocycles. The lowest BCUT2D eigenvalue weighted by Crippen LogP contribution is -2.35. The van der Waals surface area contributed by atoms with Gasteiger partial charge in [-0.2, -0.15) is 4.98 Å². The first kappa shape index (κ1) is 14.5. The van der Waals surface area contributed by atoms with Crippen molar-refractivity contribution in [1.29, 1.82) is 0 Å². The summed E-state index contributed by atoms with van der Waals surface area (Å²) >= 11 is 0. The van der Waals surface area contributed by atoms with Gasteiger partial charge in [0.25, 0.3) is 0 Å². The number of ether oxygens (including phenoxy) is 1. The molecule has 0 radical (unpaired) electrons. The van der Waals surface area contributed by atoms with Crippen LogP contribution in [0.1, 0.15) is 32.0 Å².